The van der Waals surface area contributed by atoms with Crippen LogP contribution in [0.2, 0.25) is 0 Å². The van der Waals surface area contributed by atoms with E-state index in [9.17, 15) is 4.79 Å². The van der Waals surface area contributed by atoms with Crippen LogP contribution in [0.15, 0.2) is 54.6 Å². The number of esters is 1. The predicted molar refractivity (Wildman–Crippen MR) is 109 cm³/mol. The number of hydrogen-bond acceptors (Lipinski definition) is 4. The minimum atomic E-state index is -0.395. The van der Waals surface area contributed by atoms with Gasteiger partial charge in [-0.15, -0.1) is 0 Å². The highest BCUT2D eigenvalue weighted by molar-refractivity contribution is 5.81. The SMILES string of the molecule is CCCc1cc(/C=C/c2ccc3ccccc3n2)cc(OCC(=O)OC)c1. The number of hydrogen-bond donors (Lipinski definition) is 0. The number of nitrogens with zero attached hydrogens (tertiary/aromatic N) is 1. The Morgan fingerprint density at radius 3 is 2.74 bits per heavy atom. The quantitative estimate of drug-likeness (QED) is 0.561. The van der Waals surface area contributed by atoms with Crippen LogP contribution >= 0.6 is 0 Å². The molecule has 0 spiro atoms. The first kappa shape index (κ1) is 18.6. The van der Waals surface area contributed by atoms with Crippen LogP contribution in [-0.4, -0.2) is 24.7 Å². The maximum Gasteiger partial charge on any atom is 0.343 e. The van der Waals surface area contributed by atoms with E-state index in [1.807, 2.05) is 48.6 Å². The Hall–Kier alpha value is -3.14. The molecule has 138 valence electrons. The molecule has 0 aliphatic heterocycles. The summed E-state index contributed by atoms with van der Waals surface area (Å²) in [6.07, 6.45) is 5.99. The molecule has 0 saturated heterocycles. The van der Waals surface area contributed by atoms with Crippen LogP contribution in [0.1, 0.15) is 30.2 Å². The summed E-state index contributed by atoms with van der Waals surface area (Å²) in [5.74, 6) is 0.269. The number of fused-ring (bicyclic) bond motifs is 1. The molecule has 2 aromatic carbocycles. The minimum absolute atomic E-state index is 0.0958. The van der Waals surface area contributed by atoms with E-state index in [2.05, 4.69) is 34.8 Å². The fourth-order valence-electron chi connectivity index (χ4n) is 2.86. The molecule has 0 atom stereocenters. The molecule has 27 heavy (non-hydrogen) atoms. The van der Waals surface area contributed by atoms with E-state index in [-0.39, 0.29) is 6.61 Å². The van der Waals surface area contributed by atoms with Crippen LogP contribution in [0.4, 0.5) is 0 Å². The normalized spacial score (nSPS) is 11.0. The summed E-state index contributed by atoms with van der Waals surface area (Å²) in [6.45, 7) is 2.04. The molecule has 1 heterocycles. The largest absolute Gasteiger partial charge is 0.482 e. The Kier molecular flexibility index (Phi) is 6.21. The van der Waals surface area contributed by atoms with Crippen LogP contribution in [0.3, 0.4) is 0 Å². The molecule has 0 saturated carbocycles. The second-order valence-electron chi connectivity index (χ2n) is 6.29. The highest BCUT2D eigenvalue weighted by Crippen LogP contribution is 2.21. The molecule has 0 fully saturated rings. The van der Waals surface area contributed by atoms with Gasteiger partial charge in [-0.05, 0) is 47.9 Å². The molecule has 0 aliphatic rings. The van der Waals surface area contributed by atoms with Crippen molar-refractivity contribution in [3.63, 3.8) is 0 Å². The highest BCUT2D eigenvalue weighted by Gasteiger charge is 2.05. The number of rotatable bonds is 7. The van der Waals surface area contributed by atoms with Crippen molar-refractivity contribution < 1.29 is 14.3 Å². The maximum atomic E-state index is 11.3. The number of para-hydroxylation sites is 1. The zero-order valence-electron chi connectivity index (χ0n) is 15.6. The van der Waals surface area contributed by atoms with Gasteiger partial charge in [0, 0.05) is 5.39 Å². The number of aryl methyl sites for hydroxylation is 1. The minimum Gasteiger partial charge on any atom is -0.482 e. The lowest BCUT2D eigenvalue weighted by Gasteiger charge is -2.09. The van der Waals surface area contributed by atoms with Gasteiger partial charge in [0.2, 0.25) is 0 Å². The van der Waals surface area contributed by atoms with Gasteiger partial charge in [-0.2, -0.15) is 0 Å². The molecule has 4 nitrogen and oxygen atoms in total. The number of methoxy groups -OCH3 is 1. The summed E-state index contributed by atoms with van der Waals surface area (Å²) < 4.78 is 10.2. The third kappa shape index (κ3) is 5.17. The van der Waals surface area contributed by atoms with Crippen LogP contribution in [-0.2, 0) is 16.0 Å². The van der Waals surface area contributed by atoms with Crippen molar-refractivity contribution in [1.29, 1.82) is 0 Å². The van der Waals surface area contributed by atoms with Gasteiger partial charge in [-0.3, -0.25) is 0 Å². The van der Waals surface area contributed by atoms with Crippen molar-refractivity contribution in [3.8, 4) is 5.75 Å². The molecule has 3 rings (SSSR count). The van der Waals surface area contributed by atoms with Gasteiger partial charge in [0.25, 0.3) is 0 Å². The van der Waals surface area contributed by atoms with E-state index in [1.165, 1.54) is 12.7 Å². The summed E-state index contributed by atoms with van der Waals surface area (Å²) >= 11 is 0. The third-order valence-electron chi connectivity index (χ3n) is 4.18. The Bertz CT molecular complexity index is 963. The lowest BCUT2D eigenvalue weighted by Crippen LogP contribution is -2.12. The zero-order chi connectivity index (χ0) is 19.1. The van der Waals surface area contributed by atoms with Crippen LogP contribution in [0.5, 0.6) is 5.75 Å². The van der Waals surface area contributed by atoms with Gasteiger partial charge in [-0.25, -0.2) is 9.78 Å². The molecule has 1 aromatic heterocycles. The fraction of sp³-hybridized carbons (Fsp3) is 0.217. The summed E-state index contributed by atoms with van der Waals surface area (Å²) in [5, 5.41) is 1.12. The molecule has 0 N–H and O–H groups in total. The second kappa shape index (κ2) is 8.99. The Balaban J connectivity index is 1.83. The Morgan fingerprint density at radius 2 is 1.93 bits per heavy atom. The third-order valence-corrected chi connectivity index (χ3v) is 4.18. The van der Waals surface area contributed by atoms with Crippen molar-refractivity contribution in [3.05, 3.63) is 71.4 Å². The van der Waals surface area contributed by atoms with Crippen LogP contribution in [0, 0.1) is 0 Å². The van der Waals surface area contributed by atoms with Crippen LogP contribution in [0.25, 0.3) is 23.1 Å². The van der Waals surface area contributed by atoms with Gasteiger partial charge in [0.15, 0.2) is 6.61 Å². The van der Waals surface area contributed by atoms with E-state index in [4.69, 9.17) is 4.74 Å². The zero-order valence-corrected chi connectivity index (χ0v) is 15.6. The average Bonchev–Trinajstić information content (AvgIpc) is 2.70. The van der Waals surface area contributed by atoms with Crippen molar-refractivity contribution in [2.45, 2.75) is 19.8 Å². The lowest BCUT2D eigenvalue weighted by atomic mass is 10.1. The standard InChI is InChI=1S/C23H23NO3/c1-3-6-17-13-18(15-21(14-17)27-16-23(25)26-2)9-11-20-12-10-19-7-4-5-8-22(19)24-20/h4-5,7-15H,3,6,16H2,1-2H3/b11-9+. The molecule has 0 bridgehead atoms. The number of pyridine rings is 1. The van der Waals surface area contributed by atoms with Crippen molar-refractivity contribution in [2.75, 3.05) is 13.7 Å². The molecular weight excluding hydrogens is 338 g/mol. The van der Waals surface area contributed by atoms with Crippen LogP contribution < -0.4 is 4.74 Å². The highest BCUT2D eigenvalue weighted by atomic mass is 16.6. The smallest absolute Gasteiger partial charge is 0.343 e. The van der Waals surface area contributed by atoms with Gasteiger partial charge in [0.1, 0.15) is 5.75 Å². The van der Waals surface area contributed by atoms with Crippen molar-refractivity contribution in [1.82, 2.24) is 4.98 Å². The van der Waals surface area contributed by atoms with Gasteiger partial charge in [0.05, 0.1) is 18.3 Å². The molecular formula is C23H23NO3. The summed E-state index contributed by atoms with van der Waals surface area (Å²) in [4.78, 5) is 16.0. The van der Waals surface area contributed by atoms with E-state index in [0.29, 0.717) is 5.75 Å². The molecule has 0 amide bonds. The first-order chi connectivity index (χ1) is 13.2. The summed E-state index contributed by atoms with van der Waals surface area (Å²) in [7, 11) is 1.35. The number of benzene rings is 2. The van der Waals surface area contributed by atoms with Gasteiger partial charge >= 0.3 is 5.97 Å². The second-order valence-corrected chi connectivity index (χ2v) is 6.29. The predicted octanol–water partition coefficient (Wildman–Crippen LogP) is 4.91. The van der Waals surface area contributed by atoms with Gasteiger partial charge < -0.3 is 9.47 Å². The average molecular weight is 361 g/mol. The molecule has 0 unspecified atom stereocenters. The first-order valence-corrected chi connectivity index (χ1v) is 9.05. The summed E-state index contributed by atoms with van der Waals surface area (Å²) in [5.41, 5.74) is 4.05. The number of carbonyl (C=O) groups is 1. The van der Waals surface area contributed by atoms with E-state index in [0.717, 1.165) is 35.0 Å². The van der Waals surface area contributed by atoms with E-state index < -0.39 is 5.97 Å². The Morgan fingerprint density at radius 1 is 1.07 bits per heavy atom. The maximum absolute atomic E-state index is 11.3. The van der Waals surface area contributed by atoms with Crippen molar-refractivity contribution >= 4 is 29.0 Å². The van der Waals surface area contributed by atoms with E-state index >= 15 is 0 Å². The van der Waals surface area contributed by atoms with Gasteiger partial charge in [-0.1, -0.05) is 49.8 Å². The fourth-order valence-corrected chi connectivity index (χ4v) is 2.86. The molecule has 0 radical (unpaired) electrons. The lowest BCUT2D eigenvalue weighted by molar-refractivity contribution is -0.142. The van der Waals surface area contributed by atoms with E-state index in [1.54, 1.807) is 0 Å². The monoisotopic (exact) mass is 361 g/mol. The number of carbonyl (C=O) groups excluding carboxylic acids is 1. The molecule has 0 aliphatic carbocycles. The topological polar surface area (TPSA) is 48.4 Å². The number of ether oxygens (including phenoxy) is 2. The molecule has 3 aromatic rings. The Labute approximate surface area is 159 Å². The first-order valence-electron chi connectivity index (χ1n) is 9.05. The molecule has 4 heteroatoms. The summed E-state index contributed by atoms with van der Waals surface area (Å²) in [6, 6.07) is 18.1. The number of aromatic nitrogens is 1. The van der Waals surface area contributed by atoms with Crippen molar-refractivity contribution in [2.24, 2.45) is 0 Å².